The van der Waals surface area contributed by atoms with Crippen LogP contribution >= 0.6 is 0 Å². The molecule has 0 aliphatic carbocycles. The molecule has 5 rings (SSSR count). The summed E-state index contributed by atoms with van der Waals surface area (Å²) in [7, 11) is 0. The van der Waals surface area contributed by atoms with Crippen LogP contribution in [-0.2, 0) is 14.2 Å². The fraction of sp³-hybridized carbons (Fsp3) is 0.217. The fourth-order valence-electron chi connectivity index (χ4n) is 3.71. The van der Waals surface area contributed by atoms with E-state index in [1.54, 1.807) is 65.2 Å². The van der Waals surface area contributed by atoms with Crippen LogP contribution in [0.2, 0.25) is 0 Å². The lowest BCUT2D eigenvalue weighted by molar-refractivity contribution is -0.0574. The molecule has 9 nitrogen and oxygen atoms in total. The molecule has 0 amide bonds. The highest BCUT2D eigenvalue weighted by atomic mass is 16.7. The monoisotopic (exact) mass is 434 g/mol. The highest BCUT2D eigenvalue weighted by Crippen LogP contribution is 2.40. The summed E-state index contributed by atoms with van der Waals surface area (Å²) in [6.45, 7) is -0.153. The Balaban J connectivity index is 1.37. The highest BCUT2D eigenvalue weighted by Gasteiger charge is 2.54. The van der Waals surface area contributed by atoms with E-state index in [9.17, 15) is 14.4 Å². The van der Waals surface area contributed by atoms with Crippen LogP contribution in [0.4, 0.5) is 0 Å². The van der Waals surface area contributed by atoms with Gasteiger partial charge in [0.05, 0.1) is 11.1 Å². The third-order valence-electron chi connectivity index (χ3n) is 5.25. The van der Waals surface area contributed by atoms with Crippen LogP contribution in [0.15, 0.2) is 77.7 Å². The SMILES string of the molecule is O=C(OC[C@@H]1O[C@H]2C(Oc3nc(=O)ccn32)C1OC(=O)c1ccccc1)c1ccccc1. The molecule has 2 aliphatic rings. The van der Waals surface area contributed by atoms with E-state index >= 15 is 0 Å². The number of carbonyl (C=O) groups excluding carboxylic acids is 2. The zero-order chi connectivity index (χ0) is 22.1. The molecule has 1 aromatic heterocycles. The van der Waals surface area contributed by atoms with Crippen LogP contribution in [0.1, 0.15) is 26.9 Å². The molecule has 2 unspecified atom stereocenters. The first-order valence-electron chi connectivity index (χ1n) is 10.00. The van der Waals surface area contributed by atoms with Gasteiger partial charge >= 0.3 is 17.9 Å². The Morgan fingerprint density at radius 2 is 1.59 bits per heavy atom. The first-order chi connectivity index (χ1) is 15.6. The molecule has 1 saturated heterocycles. The Bertz CT molecular complexity index is 1200. The molecular formula is C23H18N2O7. The number of ether oxygens (including phenoxy) is 4. The van der Waals surface area contributed by atoms with Crippen molar-refractivity contribution in [3.8, 4) is 6.01 Å². The largest absolute Gasteiger partial charge is 0.459 e. The van der Waals surface area contributed by atoms with Gasteiger partial charge in [-0.05, 0) is 24.3 Å². The predicted molar refractivity (Wildman–Crippen MR) is 109 cm³/mol. The Morgan fingerprint density at radius 1 is 0.938 bits per heavy atom. The maximum atomic E-state index is 12.7. The molecule has 0 spiro atoms. The number of esters is 2. The van der Waals surface area contributed by atoms with E-state index in [1.807, 2.05) is 0 Å². The lowest BCUT2D eigenvalue weighted by atomic mass is 10.1. The van der Waals surface area contributed by atoms with E-state index in [2.05, 4.69) is 4.98 Å². The second-order valence-corrected chi connectivity index (χ2v) is 7.30. The highest BCUT2D eigenvalue weighted by molar-refractivity contribution is 5.90. The van der Waals surface area contributed by atoms with Crippen molar-refractivity contribution in [3.63, 3.8) is 0 Å². The normalized spacial score (nSPS) is 23.0. The van der Waals surface area contributed by atoms with E-state index in [0.717, 1.165) is 0 Å². The molecule has 0 bridgehead atoms. The van der Waals surface area contributed by atoms with Crippen molar-refractivity contribution in [2.24, 2.45) is 0 Å². The second kappa shape index (κ2) is 8.27. The molecule has 32 heavy (non-hydrogen) atoms. The van der Waals surface area contributed by atoms with Crippen LogP contribution < -0.4 is 10.3 Å². The first kappa shape index (κ1) is 20.0. The molecule has 162 valence electrons. The molecule has 3 heterocycles. The first-order valence-corrected chi connectivity index (χ1v) is 10.00. The van der Waals surface area contributed by atoms with Crippen LogP contribution in [0.5, 0.6) is 6.01 Å². The van der Waals surface area contributed by atoms with E-state index in [0.29, 0.717) is 11.1 Å². The van der Waals surface area contributed by atoms with Gasteiger partial charge in [-0.15, -0.1) is 0 Å². The summed E-state index contributed by atoms with van der Waals surface area (Å²) < 4.78 is 24.5. The van der Waals surface area contributed by atoms with Gasteiger partial charge in [-0.25, -0.2) is 9.59 Å². The van der Waals surface area contributed by atoms with Gasteiger partial charge in [0, 0.05) is 12.3 Å². The van der Waals surface area contributed by atoms with E-state index < -0.39 is 42.0 Å². The van der Waals surface area contributed by atoms with Crippen molar-refractivity contribution < 1.29 is 28.5 Å². The van der Waals surface area contributed by atoms with Crippen LogP contribution in [0, 0.1) is 0 Å². The van der Waals surface area contributed by atoms with Crippen molar-refractivity contribution in [1.82, 2.24) is 9.55 Å². The summed E-state index contributed by atoms with van der Waals surface area (Å²) in [5, 5.41) is 0. The summed E-state index contributed by atoms with van der Waals surface area (Å²) >= 11 is 0. The number of fused-ring (bicyclic) bond motifs is 3. The van der Waals surface area contributed by atoms with Crippen molar-refractivity contribution in [2.75, 3.05) is 6.61 Å². The average Bonchev–Trinajstić information content (AvgIpc) is 3.34. The zero-order valence-corrected chi connectivity index (χ0v) is 16.7. The molecule has 0 radical (unpaired) electrons. The number of rotatable bonds is 5. The zero-order valence-electron chi connectivity index (χ0n) is 16.7. The van der Waals surface area contributed by atoms with E-state index in [4.69, 9.17) is 18.9 Å². The van der Waals surface area contributed by atoms with E-state index in [-0.39, 0.29) is 12.6 Å². The molecule has 9 heteroatoms. The Hall–Kier alpha value is -3.98. The molecule has 2 aromatic carbocycles. The summed E-state index contributed by atoms with van der Waals surface area (Å²) in [6.07, 6.45) is -1.61. The molecular weight excluding hydrogens is 416 g/mol. The van der Waals surface area contributed by atoms with Crippen molar-refractivity contribution >= 4 is 11.9 Å². The maximum Gasteiger partial charge on any atom is 0.338 e. The fourth-order valence-corrected chi connectivity index (χ4v) is 3.71. The molecule has 0 saturated carbocycles. The maximum absolute atomic E-state index is 12.7. The van der Waals surface area contributed by atoms with Gasteiger partial charge in [0.15, 0.2) is 18.4 Å². The minimum absolute atomic E-state index is 0.0768. The van der Waals surface area contributed by atoms with E-state index in [1.165, 1.54) is 12.3 Å². The molecule has 4 atom stereocenters. The lowest BCUT2D eigenvalue weighted by Gasteiger charge is -2.22. The second-order valence-electron chi connectivity index (χ2n) is 7.30. The number of hydrogen-bond acceptors (Lipinski definition) is 8. The smallest absolute Gasteiger partial charge is 0.338 e. The van der Waals surface area contributed by atoms with Gasteiger partial charge < -0.3 is 18.9 Å². The predicted octanol–water partition coefficient (Wildman–Crippen LogP) is 1.98. The van der Waals surface area contributed by atoms with Crippen LogP contribution in [0.25, 0.3) is 0 Å². The van der Waals surface area contributed by atoms with Gasteiger partial charge in [0.1, 0.15) is 12.7 Å². The van der Waals surface area contributed by atoms with Gasteiger partial charge in [-0.3, -0.25) is 9.36 Å². The van der Waals surface area contributed by atoms with Crippen LogP contribution in [0.3, 0.4) is 0 Å². The number of nitrogens with zero attached hydrogens (tertiary/aromatic N) is 2. The summed E-state index contributed by atoms with van der Waals surface area (Å²) in [5.74, 6) is -1.09. The lowest BCUT2D eigenvalue weighted by Crippen LogP contribution is -2.40. The number of carbonyl (C=O) groups is 2. The topological polar surface area (TPSA) is 106 Å². The quantitative estimate of drug-likeness (QED) is 0.562. The third-order valence-corrected chi connectivity index (χ3v) is 5.25. The van der Waals surface area contributed by atoms with Gasteiger partial charge in [-0.2, -0.15) is 4.98 Å². The van der Waals surface area contributed by atoms with Gasteiger partial charge in [-0.1, -0.05) is 36.4 Å². The Morgan fingerprint density at radius 3 is 2.28 bits per heavy atom. The molecule has 2 aliphatic heterocycles. The Labute approximate surface area is 182 Å². The average molecular weight is 434 g/mol. The van der Waals surface area contributed by atoms with Crippen LogP contribution in [-0.4, -0.2) is 46.4 Å². The van der Waals surface area contributed by atoms with Crippen molar-refractivity contribution in [1.29, 1.82) is 0 Å². The molecule has 3 aromatic rings. The molecule has 1 fully saturated rings. The summed E-state index contributed by atoms with van der Waals surface area (Å²) in [6, 6.07) is 18.4. The van der Waals surface area contributed by atoms with Gasteiger partial charge in [0.25, 0.3) is 5.56 Å². The summed E-state index contributed by atoms with van der Waals surface area (Å²) in [5.41, 5.74) is 0.299. The number of aromatic nitrogens is 2. The Kier molecular flexibility index (Phi) is 5.16. The van der Waals surface area contributed by atoms with Gasteiger partial charge in [0.2, 0.25) is 0 Å². The van der Waals surface area contributed by atoms with Crippen molar-refractivity contribution in [3.05, 3.63) is 94.4 Å². The number of benzene rings is 2. The van der Waals surface area contributed by atoms with Crippen molar-refractivity contribution in [2.45, 2.75) is 24.5 Å². The third kappa shape index (κ3) is 3.74. The molecule has 0 N–H and O–H groups in total. The minimum atomic E-state index is -0.895. The standard InChI is InChI=1S/C23H18N2O7/c26-17-11-12-25-20-19(32-23(25)24-17)18(31-22(28)15-9-5-2-6-10-15)16(30-20)13-29-21(27)14-7-3-1-4-8-14/h1-12,16,18-20H,13H2/t16-,18?,19?,20-/m0/s1. The minimum Gasteiger partial charge on any atom is -0.459 e. The number of hydrogen-bond donors (Lipinski definition) is 0. The summed E-state index contributed by atoms with van der Waals surface area (Å²) in [4.78, 5) is 40.5.